The van der Waals surface area contributed by atoms with Crippen molar-refractivity contribution in [3.05, 3.63) is 74.4 Å². The fraction of sp³-hybridized carbons (Fsp3) is 0.0526. The Kier molecular flexibility index (Phi) is 4.59. The van der Waals surface area contributed by atoms with E-state index in [1.807, 2.05) is 29.6 Å². The zero-order chi connectivity index (χ0) is 19.0. The number of hydrogen-bond donors (Lipinski definition) is 1. The Labute approximate surface area is 166 Å². The van der Waals surface area contributed by atoms with Gasteiger partial charge in [-0.15, -0.1) is 11.3 Å². The predicted octanol–water partition coefficient (Wildman–Crippen LogP) is 4.07. The highest BCUT2D eigenvalue weighted by molar-refractivity contribution is 9.10. The summed E-state index contributed by atoms with van der Waals surface area (Å²) in [6.07, 6.45) is 0. The number of fused-ring (bicyclic) bond motifs is 1. The van der Waals surface area contributed by atoms with Crippen LogP contribution < -0.4 is 10.9 Å². The molecule has 4 rings (SSSR count). The minimum atomic E-state index is -0.404. The number of hydrogen-bond acceptors (Lipinski definition) is 5. The third-order valence-electron chi connectivity index (χ3n) is 4.04. The molecule has 0 aliphatic carbocycles. The molecule has 0 saturated carbocycles. The highest BCUT2D eigenvalue weighted by Gasteiger charge is 2.17. The van der Waals surface area contributed by atoms with Gasteiger partial charge in [0.1, 0.15) is 0 Å². The second-order valence-electron chi connectivity index (χ2n) is 5.82. The molecule has 2 aromatic carbocycles. The molecule has 0 bridgehead atoms. The fourth-order valence-corrected chi connectivity index (χ4v) is 3.69. The second kappa shape index (κ2) is 7.05. The summed E-state index contributed by atoms with van der Waals surface area (Å²) in [7, 11) is 1.53. The van der Waals surface area contributed by atoms with E-state index in [4.69, 9.17) is 0 Å². The maximum atomic E-state index is 12.8. The third kappa shape index (κ3) is 3.41. The lowest BCUT2D eigenvalue weighted by Crippen LogP contribution is -2.25. The van der Waals surface area contributed by atoms with Crippen LogP contribution in [0.5, 0.6) is 0 Å². The average Bonchev–Trinajstić information content (AvgIpc) is 3.13. The molecule has 4 aromatic rings. The van der Waals surface area contributed by atoms with Gasteiger partial charge in [0.25, 0.3) is 11.5 Å². The standard InChI is InChI=1S/C19H13BrN4O2S/c1-24-18(26)14-5-3-2-4-13(14)16(23-24)17(25)22-19-21-15(10-27-19)11-6-8-12(20)9-7-11/h2-10H,1H3,(H,21,22,25). The van der Waals surface area contributed by atoms with Crippen molar-refractivity contribution in [2.75, 3.05) is 5.32 Å². The number of carbonyl (C=O) groups is 1. The summed E-state index contributed by atoms with van der Waals surface area (Å²) in [6, 6.07) is 14.7. The predicted molar refractivity (Wildman–Crippen MR) is 110 cm³/mol. The summed E-state index contributed by atoms with van der Waals surface area (Å²) in [4.78, 5) is 29.4. The van der Waals surface area contributed by atoms with Crippen LogP contribution in [0.4, 0.5) is 5.13 Å². The quantitative estimate of drug-likeness (QED) is 0.520. The monoisotopic (exact) mass is 440 g/mol. The molecule has 1 amide bonds. The number of aryl methyl sites for hydroxylation is 1. The highest BCUT2D eigenvalue weighted by atomic mass is 79.9. The normalized spacial score (nSPS) is 10.9. The van der Waals surface area contributed by atoms with E-state index in [9.17, 15) is 9.59 Å². The summed E-state index contributed by atoms with van der Waals surface area (Å²) in [5.74, 6) is -0.404. The van der Waals surface area contributed by atoms with Crippen molar-refractivity contribution in [2.45, 2.75) is 0 Å². The van der Waals surface area contributed by atoms with E-state index < -0.39 is 5.91 Å². The van der Waals surface area contributed by atoms with Crippen molar-refractivity contribution in [1.82, 2.24) is 14.8 Å². The largest absolute Gasteiger partial charge is 0.296 e. The van der Waals surface area contributed by atoms with E-state index >= 15 is 0 Å². The Morgan fingerprint density at radius 3 is 2.56 bits per heavy atom. The Bertz CT molecular complexity index is 1210. The Morgan fingerprint density at radius 1 is 1.11 bits per heavy atom. The van der Waals surface area contributed by atoms with Crippen LogP contribution in [-0.4, -0.2) is 20.7 Å². The van der Waals surface area contributed by atoms with Crippen LogP contribution >= 0.6 is 27.3 Å². The van der Waals surface area contributed by atoms with Crippen molar-refractivity contribution in [3.63, 3.8) is 0 Å². The van der Waals surface area contributed by atoms with Crippen LogP contribution in [0.3, 0.4) is 0 Å². The SMILES string of the molecule is Cn1nc(C(=O)Nc2nc(-c3ccc(Br)cc3)cs2)c2ccccc2c1=O. The molecular formula is C19H13BrN4O2S. The summed E-state index contributed by atoms with van der Waals surface area (Å²) in [5.41, 5.74) is 1.68. The van der Waals surface area contributed by atoms with E-state index in [1.165, 1.54) is 23.1 Å². The Hall–Kier alpha value is -2.84. The number of nitrogens with zero attached hydrogens (tertiary/aromatic N) is 3. The molecule has 0 spiro atoms. The number of carbonyl (C=O) groups excluding carboxylic acids is 1. The first-order valence-electron chi connectivity index (χ1n) is 8.02. The van der Waals surface area contributed by atoms with Crippen molar-refractivity contribution >= 4 is 49.1 Å². The molecule has 0 fully saturated rings. The van der Waals surface area contributed by atoms with Gasteiger partial charge in [-0.25, -0.2) is 9.67 Å². The summed E-state index contributed by atoms with van der Waals surface area (Å²) in [5, 5.41) is 10.2. The number of aromatic nitrogens is 3. The van der Waals surface area contributed by atoms with Gasteiger partial charge in [-0.2, -0.15) is 5.10 Å². The number of thiazole rings is 1. The second-order valence-corrected chi connectivity index (χ2v) is 7.60. The van der Waals surface area contributed by atoms with E-state index in [-0.39, 0.29) is 11.3 Å². The van der Waals surface area contributed by atoms with Crippen LogP contribution in [0, 0.1) is 0 Å². The minimum absolute atomic E-state index is 0.188. The number of halogens is 1. The summed E-state index contributed by atoms with van der Waals surface area (Å²) >= 11 is 4.74. The van der Waals surface area contributed by atoms with Crippen LogP contribution in [0.1, 0.15) is 10.5 Å². The van der Waals surface area contributed by atoms with Crippen molar-refractivity contribution in [3.8, 4) is 11.3 Å². The van der Waals surface area contributed by atoms with E-state index in [0.29, 0.717) is 15.9 Å². The van der Waals surface area contributed by atoms with Crippen molar-refractivity contribution < 1.29 is 4.79 Å². The first kappa shape index (κ1) is 17.6. The number of amides is 1. The van der Waals surface area contributed by atoms with Gasteiger partial charge in [-0.1, -0.05) is 46.3 Å². The highest BCUT2D eigenvalue weighted by Crippen LogP contribution is 2.26. The van der Waals surface area contributed by atoms with Crippen LogP contribution in [0.15, 0.2) is 63.2 Å². The molecule has 27 heavy (non-hydrogen) atoms. The summed E-state index contributed by atoms with van der Waals surface area (Å²) in [6.45, 7) is 0. The van der Waals surface area contributed by atoms with Gasteiger partial charge in [0.05, 0.1) is 11.1 Å². The maximum Gasteiger partial charge on any atom is 0.278 e. The van der Waals surface area contributed by atoms with Crippen LogP contribution in [0.25, 0.3) is 22.0 Å². The molecule has 6 nitrogen and oxygen atoms in total. The van der Waals surface area contributed by atoms with Gasteiger partial charge < -0.3 is 0 Å². The molecule has 134 valence electrons. The van der Waals surface area contributed by atoms with Gasteiger partial charge in [0, 0.05) is 27.9 Å². The lowest BCUT2D eigenvalue weighted by atomic mass is 10.1. The number of anilines is 1. The summed E-state index contributed by atoms with van der Waals surface area (Å²) < 4.78 is 2.16. The Morgan fingerprint density at radius 2 is 1.81 bits per heavy atom. The molecule has 0 atom stereocenters. The first-order chi connectivity index (χ1) is 13.0. The first-order valence-corrected chi connectivity index (χ1v) is 9.69. The molecular weight excluding hydrogens is 428 g/mol. The van der Waals surface area contributed by atoms with Gasteiger partial charge in [-0.3, -0.25) is 14.9 Å². The molecule has 0 aliphatic rings. The maximum absolute atomic E-state index is 12.8. The molecule has 0 aliphatic heterocycles. The average molecular weight is 441 g/mol. The van der Waals surface area contributed by atoms with Crippen LogP contribution in [0.2, 0.25) is 0 Å². The lowest BCUT2D eigenvalue weighted by molar-refractivity contribution is 0.102. The smallest absolute Gasteiger partial charge is 0.278 e. The van der Waals surface area contributed by atoms with E-state index in [0.717, 1.165) is 15.7 Å². The molecule has 2 heterocycles. The Balaban J connectivity index is 1.66. The molecule has 0 unspecified atom stereocenters. The topological polar surface area (TPSA) is 76.9 Å². The van der Waals surface area contributed by atoms with Crippen molar-refractivity contribution in [1.29, 1.82) is 0 Å². The van der Waals surface area contributed by atoms with E-state index in [2.05, 4.69) is 31.3 Å². The van der Waals surface area contributed by atoms with Gasteiger partial charge in [0.2, 0.25) is 0 Å². The molecule has 1 N–H and O–H groups in total. The number of rotatable bonds is 3. The van der Waals surface area contributed by atoms with E-state index in [1.54, 1.807) is 24.3 Å². The molecule has 2 aromatic heterocycles. The zero-order valence-electron chi connectivity index (χ0n) is 14.1. The zero-order valence-corrected chi connectivity index (χ0v) is 16.5. The number of nitrogens with one attached hydrogen (secondary N) is 1. The van der Waals surface area contributed by atoms with Gasteiger partial charge in [-0.05, 0) is 18.2 Å². The number of benzene rings is 2. The minimum Gasteiger partial charge on any atom is -0.296 e. The van der Waals surface area contributed by atoms with Gasteiger partial charge in [0.15, 0.2) is 10.8 Å². The molecule has 0 radical (unpaired) electrons. The molecule has 8 heteroatoms. The lowest BCUT2D eigenvalue weighted by Gasteiger charge is -2.07. The third-order valence-corrected chi connectivity index (χ3v) is 5.32. The fourth-order valence-electron chi connectivity index (χ4n) is 2.71. The molecule has 0 saturated heterocycles. The van der Waals surface area contributed by atoms with Crippen LogP contribution in [-0.2, 0) is 7.05 Å². The van der Waals surface area contributed by atoms with Crippen molar-refractivity contribution in [2.24, 2.45) is 7.05 Å². The van der Waals surface area contributed by atoms with Gasteiger partial charge >= 0.3 is 0 Å².